The normalized spacial score (nSPS) is 30.8. The number of halogens is 3. The summed E-state index contributed by atoms with van der Waals surface area (Å²) in [7, 11) is 0. The molecule has 0 bridgehead atoms. The van der Waals surface area contributed by atoms with Crippen LogP contribution in [0.4, 0.5) is 13.2 Å². The Balaban J connectivity index is 0.000000307. The van der Waals surface area contributed by atoms with Gasteiger partial charge in [0.15, 0.2) is 0 Å². The molecule has 2 heterocycles. The lowest BCUT2D eigenvalue weighted by Gasteiger charge is -2.33. The zero-order chi connectivity index (χ0) is 22.9. The number of rotatable bonds is 7. The number of hydrogen-bond acceptors (Lipinski definition) is 4. The predicted octanol–water partition coefficient (Wildman–Crippen LogP) is 3.41. The Kier molecular flexibility index (Phi) is 7.05. The second kappa shape index (κ2) is 9.49. The maximum absolute atomic E-state index is 12.7. The van der Waals surface area contributed by atoms with E-state index in [1.807, 2.05) is 0 Å². The monoisotopic (exact) mass is 460 g/mol. The first-order valence-corrected chi connectivity index (χ1v) is 12.1. The molecule has 3 aliphatic carbocycles. The van der Waals surface area contributed by atoms with Crippen molar-refractivity contribution < 1.29 is 32.6 Å². The minimum atomic E-state index is -5.08. The van der Waals surface area contributed by atoms with E-state index in [4.69, 9.17) is 14.6 Å². The van der Waals surface area contributed by atoms with Crippen LogP contribution >= 0.6 is 0 Å². The highest BCUT2D eigenvalue weighted by molar-refractivity contribution is 5.80. The Bertz CT molecular complexity index is 691. The van der Waals surface area contributed by atoms with Crippen LogP contribution in [0.5, 0.6) is 0 Å². The highest BCUT2D eigenvalue weighted by atomic mass is 19.4. The molecule has 6 nitrogen and oxygen atoms in total. The topological polar surface area (TPSA) is 70.1 Å². The molecule has 1 amide bonds. The summed E-state index contributed by atoms with van der Waals surface area (Å²) in [5.41, 5.74) is 0.317. The van der Waals surface area contributed by atoms with Gasteiger partial charge in [0.1, 0.15) is 0 Å². The van der Waals surface area contributed by atoms with Gasteiger partial charge in [-0.3, -0.25) is 4.79 Å². The van der Waals surface area contributed by atoms with Gasteiger partial charge in [-0.25, -0.2) is 4.79 Å². The van der Waals surface area contributed by atoms with Crippen LogP contribution in [0.2, 0.25) is 0 Å². The van der Waals surface area contributed by atoms with Crippen LogP contribution in [0.1, 0.15) is 51.4 Å². The van der Waals surface area contributed by atoms with Crippen molar-refractivity contribution in [2.45, 2.75) is 57.5 Å². The third-order valence-corrected chi connectivity index (χ3v) is 7.86. The molecule has 1 spiro atoms. The number of carbonyl (C=O) groups is 2. The van der Waals surface area contributed by atoms with Crippen LogP contribution in [0.25, 0.3) is 0 Å². The molecule has 32 heavy (non-hydrogen) atoms. The van der Waals surface area contributed by atoms with Crippen molar-refractivity contribution in [2.24, 2.45) is 29.1 Å². The minimum absolute atomic E-state index is 0.317. The minimum Gasteiger partial charge on any atom is -0.475 e. The lowest BCUT2D eigenvalue weighted by Crippen LogP contribution is -2.41. The summed E-state index contributed by atoms with van der Waals surface area (Å²) in [4.78, 5) is 26.6. The second-order valence-electron chi connectivity index (χ2n) is 10.6. The molecule has 5 fully saturated rings. The van der Waals surface area contributed by atoms with Crippen LogP contribution in [0.15, 0.2) is 0 Å². The van der Waals surface area contributed by atoms with Crippen molar-refractivity contribution in [2.75, 3.05) is 45.9 Å². The number of ether oxygens (including phenoxy) is 1. The largest absolute Gasteiger partial charge is 0.490 e. The molecule has 0 radical (unpaired) electrons. The number of carbonyl (C=O) groups excluding carboxylic acids is 1. The molecule has 0 unspecified atom stereocenters. The van der Waals surface area contributed by atoms with Crippen molar-refractivity contribution in [3.8, 4) is 0 Å². The van der Waals surface area contributed by atoms with Crippen LogP contribution in [0, 0.1) is 29.1 Å². The third-order valence-electron chi connectivity index (χ3n) is 7.86. The van der Waals surface area contributed by atoms with Crippen LogP contribution in [0.3, 0.4) is 0 Å². The van der Waals surface area contributed by atoms with Gasteiger partial charge in [-0.05, 0) is 56.8 Å². The molecule has 182 valence electrons. The summed E-state index contributed by atoms with van der Waals surface area (Å²) in [6.07, 6.45) is 5.22. The zero-order valence-electron chi connectivity index (χ0n) is 18.6. The maximum Gasteiger partial charge on any atom is 0.490 e. The summed E-state index contributed by atoms with van der Waals surface area (Å²) in [5, 5.41) is 7.12. The fourth-order valence-electron chi connectivity index (χ4n) is 5.30. The molecule has 5 aliphatic rings. The van der Waals surface area contributed by atoms with E-state index in [1.165, 1.54) is 58.2 Å². The maximum atomic E-state index is 12.7. The molecule has 0 aromatic heterocycles. The van der Waals surface area contributed by atoms with E-state index in [0.717, 1.165) is 51.0 Å². The van der Waals surface area contributed by atoms with Crippen molar-refractivity contribution in [1.29, 1.82) is 0 Å². The number of amides is 1. The third kappa shape index (κ3) is 5.95. The van der Waals surface area contributed by atoms with Crippen molar-refractivity contribution in [3.63, 3.8) is 0 Å². The van der Waals surface area contributed by atoms with Gasteiger partial charge in [0.25, 0.3) is 0 Å². The SMILES string of the molecule is O=C(C1CCC1)N1CC[C@@]2(CN(CC3CC3)C[C@H]2COCC2CC2)C1.O=C(O)C(F)(F)F. The number of alkyl halides is 3. The molecule has 9 heteroatoms. The van der Waals surface area contributed by atoms with Crippen LogP contribution in [-0.2, 0) is 14.3 Å². The van der Waals surface area contributed by atoms with Gasteiger partial charge >= 0.3 is 12.1 Å². The second-order valence-corrected chi connectivity index (χ2v) is 10.6. The lowest BCUT2D eigenvalue weighted by molar-refractivity contribution is -0.192. The number of nitrogens with zero attached hydrogens (tertiary/aromatic N) is 2. The lowest BCUT2D eigenvalue weighted by atomic mass is 9.77. The van der Waals surface area contributed by atoms with Gasteiger partial charge in [0.05, 0.1) is 6.61 Å². The Labute approximate surface area is 187 Å². The molecule has 1 N–H and O–H groups in total. The fraction of sp³-hybridized carbons (Fsp3) is 0.913. The summed E-state index contributed by atoms with van der Waals surface area (Å²) >= 11 is 0. The van der Waals surface area contributed by atoms with E-state index < -0.39 is 12.1 Å². The predicted molar refractivity (Wildman–Crippen MR) is 111 cm³/mol. The Morgan fingerprint density at radius 3 is 2.19 bits per heavy atom. The smallest absolute Gasteiger partial charge is 0.475 e. The highest BCUT2D eigenvalue weighted by Crippen LogP contribution is 2.46. The van der Waals surface area contributed by atoms with E-state index in [1.54, 1.807) is 0 Å². The Hall–Kier alpha value is -1.35. The summed E-state index contributed by atoms with van der Waals surface area (Å²) in [5.74, 6) is 0.485. The fourth-order valence-corrected chi connectivity index (χ4v) is 5.30. The Morgan fingerprint density at radius 2 is 1.66 bits per heavy atom. The zero-order valence-corrected chi connectivity index (χ0v) is 18.6. The molecular formula is C23H35F3N2O4. The van der Waals surface area contributed by atoms with Gasteiger partial charge < -0.3 is 19.6 Å². The van der Waals surface area contributed by atoms with Crippen LogP contribution < -0.4 is 0 Å². The summed E-state index contributed by atoms with van der Waals surface area (Å²) < 4.78 is 37.9. The first-order valence-electron chi connectivity index (χ1n) is 12.1. The average Bonchev–Trinajstić information content (AvgIpc) is 3.59. The number of likely N-dealkylation sites (tertiary alicyclic amines) is 2. The molecule has 2 atom stereocenters. The number of carboxylic acids is 1. The average molecular weight is 461 g/mol. The summed E-state index contributed by atoms with van der Waals surface area (Å²) in [6.45, 7) is 7.58. The molecular weight excluding hydrogens is 425 g/mol. The number of aliphatic carboxylic acids is 1. The van der Waals surface area contributed by atoms with Gasteiger partial charge in [-0.2, -0.15) is 13.2 Å². The van der Waals surface area contributed by atoms with E-state index in [9.17, 15) is 18.0 Å². The molecule has 0 aromatic carbocycles. The summed E-state index contributed by atoms with van der Waals surface area (Å²) in [6, 6.07) is 0. The number of hydrogen-bond donors (Lipinski definition) is 1. The first kappa shape index (κ1) is 23.8. The first-order chi connectivity index (χ1) is 15.2. The molecule has 3 saturated carbocycles. The van der Waals surface area contributed by atoms with E-state index >= 15 is 0 Å². The molecule has 5 rings (SSSR count). The quantitative estimate of drug-likeness (QED) is 0.631. The molecule has 2 aliphatic heterocycles. The van der Waals surface area contributed by atoms with Crippen molar-refractivity contribution in [1.82, 2.24) is 9.80 Å². The van der Waals surface area contributed by atoms with E-state index in [0.29, 0.717) is 23.2 Å². The van der Waals surface area contributed by atoms with Crippen LogP contribution in [-0.4, -0.2) is 78.9 Å². The van der Waals surface area contributed by atoms with Gasteiger partial charge in [0.2, 0.25) is 5.91 Å². The standard InChI is InChI=1S/C21H34N2O2.C2HF3O2/c24-20(18-2-1-3-18)23-9-8-21(15-23)14-22(10-16-4-5-16)11-19(21)13-25-12-17-6-7-17;3-2(4,5)1(6)7/h16-19H,1-15H2;(H,6,7)/t19-,21+;/m0./s1. The van der Waals surface area contributed by atoms with Gasteiger partial charge in [0, 0.05) is 56.6 Å². The van der Waals surface area contributed by atoms with E-state index in [-0.39, 0.29) is 0 Å². The van der Waals surface area contributed by atoms with E-state index in [2.05, 4.69) is 9.80 Å². The van der Waals surface area contributed by atoms with Crippen molar-refractivity contribution in [3.05, 3.63) is 0 Å². The highest BCUT2D eigenvalue weighted by Gasteiger charge is 2.52. The Morgan fingerprint density at radius 1 is 1.00 bits per heavy atom. The van der Waals surface area contributed by atoms with Gasteiger partial charge in [-0.15, -0.1) is 0 Å². The molecule has 2 saturated heterocycles. The molecule has 0 aromatic rings. The van der Waals surface area contributed by atoms with Gasteiger partial charge in [-0.1, -0.05) is 6.42 Å². The van der Waals surface area contributed by atoms with Crippen molar-refractivity contribution >= 4 is 11.9 Å². The number of carboxylic acid groups (broad SMARTS) is 1.